The number of nitrogens with zero attached hydrogens (tertiary/aromatic N) is 2. The average Bonchev–Trinajstić information content (AvgIpc) is 2.23. The number of aryl methyl sites for hydroxylation is 1. The number of aromatic nitrogens is 1. The molecule has 0 amide bonds. The maximum atomic E-state index is 11.4. The monoisotopic (exact) mass is 210 g/mol. The zero-order valence-electron chi connectivity index (χ0n) is 8.93. The van der Waals surface area contributed by atoms with E-state index in [2.05, 4.69) is 6.20 Å². The van der Waals surface area contributed by atoms with Crippen LogP contribution in [-0.4, -0.2) is 9.49 Å². The van der Waals surface area contributed by atoms with E-state index in [-0.39, 0.29) is 30.0 Å². The number of pyridine rings is 1. The van der Waals surface area contributed by atoms with Gasteiger partial charge in [0.25, 0.3) is 5.69 Å². The minimum absolute atomic E-state index is 0. The number of non-ortho nitro benzene ring substituents is 1. The summed E-state index contributed by atoms with van der Waals surface area (Å²) in [5.41, 5.74) is 0.297. The first kappa shape index (κ1) is 12.5. The van der Waals surface area contributed by atoms with Crippen molar-refractivity contribution in [1.82, 2.24) is 4.57 Å². The fourth-order valence-corrected chi connectivity index (χ4v) is 1.43. The van der Waals surface area contributed by atoms with Crippen LogP contribution in [0.3, 0.4) is 0 Å². The van der Waals surface area contributed by atoms with E-state index in [0.29, 0.717) is 10.9 Å². The van der Waals surface area contributed by atoms with Gasteiger partial charge in [0.1, 0.15) is 0 Å². The van der Waals surface area contributed by atoms with E-state index in [4.69, 9.17) is 0 Å². The molecule has 0 spiro atoms. The van der Waals surface area contributed by atoms with Crippen LogP contribution in [-0.2, 0) is 7.05 Å². The number of benzene rings is 1. The van der Waals surface area contributed by atoms with Crippen molar-refractivity contribution in [3.63, 3.8) is 0 Å². The normalized spacial score (nSPS) is 9.81. The molecule has 0 fully saturated rings. The van der Waals surface area contributed by atoms with Crippen LogP contribution in [0.5, 0.6) is 0 Å². The van der Waals surface area contributed by atoms with Crippen molar-refractivity contribution in [3.05, 3.63) is 50.8 Å². The van der Waals surface area contributed by atoms with Gasteiger partial charge < -0.3 is 9.36 Å². The van der Waals surface area contributed by atoms with Gasteiger partial charge in [0.2, 0.25) is 0 Å². The van der Waals surface area contributed by atoms with Gasteiger partial charge in [-0.3, -0.25) is 10.1 Å². The Morgan fingerprint density at radius 1 is 1.44 bits per heavy atom. The molecule has 0 unspecified atom stereocenters. The molecule has 0 saturated heterocycles. The molecule has 1 heterocycles. The second-order valence-corrected chi connectivity index (χ2v) is 3.16. The van der Waals surface area contributed by atoms with E-state index < -0.39 is 4.92 Å². The minimum atomic E-state index is -0.518. The Morgan fingerprint density at radius 2 is 2.12 bits per heavy atom. The molecule has 0 radical (unpaired) electrons. The summed E-state index contributed by atoms with van der Waals surface area (Å²) in [5.74, 6) is 0. The van der Waals surface area contributed by atoms with Crippen molar-refractivity contribution in [2.24, 2.45) is 7.05 Å². The predicted molar refractivity (Wildman–Crippen MR) is 54.7 cm³/mol. The molecule has 0 atom stereocenters. The van der Waals surface area contributed by atoms with Crippen LogP contribution >= 0.6 is 0 Å². The molecule has 0 saturated carbocycles. The third-order valence-corrected chi connectivity index (χ3v) is 2.21. The Morgan fingerprint density at radius 3 is 2.75 bits per heavy atom. The van der Waals surface area contributed by atoms with E-state index in [0.717, 1.165) is 0 Å². The Kier molecular flexibility index (Phi) is 3.53. The van der Waals surface area contributed by atoms with Gasteiger partial charge in [-0.1, -0.05) is 23.2 Å². The van der Waals surface area contributed by atoms with Gasteiger partial charge >= 0.3 is 18.9 Å². The van der Waals surface area contributed by atoms with E-state index in [9.17, 15) is 14.9 Å². The van der Waals surface area contributed by atoms with Crippen molar-refractivity contribution in [2.45, 2.75) is 0 Å². The molecular weight excluding hydrogens is 203 g/mol. The molecule has 16 heavy (non-hydrogen) atoms. The van der Waals surface area contributed by atoms with Crippen LogP contribution in [0.25, 0.3) is 10.9 Å². The van der Waals surface area contributed by atoms with Gasteiger partial charge in [0, 0.05) is 12.1 Å². The fraction of sp³-hybridized carbons (Fsp3) is 0.100. The van der Waals surface area contributed by atoms with Crippen LogP contribution in [0.2, 0.25) is 0 Å². The van der Waals surface area contributed by atoms with Crippen LogP contribution in [0.1, 0.15) is 0 Å². The quantitative estimate of drug-likeness (QED) is 0.243. The maximum absolute atomic E-state index is 11.4. The average molecular weight is 210 g/mol. The van der Waals surface area contributed by atoms with Crippen LogP contribution in [0, 0.1) is 16.3 Å². The molecule has 0 N–H and O–H groups in total. The first-order valence-electron chi connectivity index (χ1n) is 4.25. The van der Waals surface area contributed by atoms with Crippen molar-refractivity contribution >= 4 is 16.6 Å². The maximum Gasteiger partial charge on any atom is 1.00 e. The molecule has 1 aromatic heterocycles. The van der Waals surface area contributed by atoms with Crippen molar-refractivity contribution in [3.8, 4) is 0 Å². The Hall–Kier alpha value is -1.57. The topological polar surface area (TPSA) is 65.1 Å². The minimum Gasteiger partial charge on any atom is -0.457 e. The molecule has 6 heteroatoms. The largest absolute Gasteiger partial charge is 1.00 e. The summed E-state index contributed by atoms with van der Waals surface area (Å²) in [6.07, 6.45) is 2.73. The van der Waals surface area contributed by atoms with Crippen LogP contribution in [0.4, 0.5) is 5.69 Å². The summed E-state index contributed by atoms with van der Waals surface area (Å²) in [4.78, 5) is 21.5. The first-order valence-corrected chi connectivity index (χ1v) is 4.25. The summed E-state index contributed by atoms with van der Waals surface area (Å²) in [6, 6.07) is 5.47. The van der Waals surface area contributed by atoms with Crippen molar-refractivity contribution in [2.75, 3.05) is 0 Å². The molecule has 0 bridgehead atoms. The van der Waals surface area contributed by atoms with Gasteiger partial charge in [-0.15, -0.1) is 6.07 Å². The third-order valence-electron chi connectivity index (χ3n) is 2.21. The molecule has 2 aromatic rings. The predicted octanol–water partition coefficient (Wildman–Crippen LogP) is -1.75. The van der Waals surface area contributed by atoms with Crippen LogP contribution in [0.15, 0.2) is 29.1 Å². The summed E-state index contributed by atoms with van der Waals surface area (Å²) in [6.45, 7) is 0. The van der Waals surface area contributed by atoms with Gasteiger partial charge in [-0.05, 0) is 7.05 Å². The number of hydrogen-bond donors (Lipinski definition) is 0. The second kappa shape index (κ2) is 4.52. The summed E-state index contributed by atoms with van der Waals surface area (Å²) in [5, 5.41) is 10.9. The number of nitro groups is 1. The summed E-state index contributed by atoms with van der Waals surface area (Å²) >= 11 is 0. The fourth-order valence-electron chi connectivity index (χ4n) is 1.43. The number of nitro benzene ring substituents is 1. The second-order valence-electron chi connectivity index (χ2n) is 3.16. The first-order chi connectivity index (χ1) is 7.09. The standard InChI is InChI=1S/C10H7N2O3.Li/c1-11-5-4-10(13)8-6-7(12(14)15)2-3-9(8)11;/h2-4,6H,1H3;/q-1;+1. The third kappa shape index (κ3) is 2.01. The van der Waals surface area contributed by atoms with E-state index in [1.165, 1.54) is 18.2 Å². The van der Waals surface area contributed by atoms with E-state index in [1.807, 2.05) is 0 Å². The molecular formula is C10H7LiN2O3. The number of hydrogen-bond acceptors (Lipinski definition) is 3. The van der Waals surface area contributed by atoms with E-state index >= 15 is 0 Å². The Balaban J connectivity index is 0.00000128. The molecule has 0 aliphatic rings. The van der Waals surface area contributed by atoms with Gasteiger partial charge in [0.05, 0.1) is 10.4 Å². The molecule has 0 aliphatic heterocycles. The zero-order chi connectivity index (χ0) is 11.0. The summed E-state index contributed by atoms with van der Waals surface area (Å²) < 4.78 is 1.63. The van der Waals surface area contributed by atoms with Crippen molar-refractivity contribution < 1.29 is 23.8 Å². The van der Waals surface area contributed by atoms with Gasteiger partial charge in [-0.2, -0.15) is 0 Å². The SMILES string of the molecule is Cn1[c-]cc(=O)c2cc([N+](=O)[O-])ccc21.[Li+]. The van der Waals surface area contributed by atoms with Gasteiger partial charge in [-0.25, -0.2) is 0 Å². The molecule has 1 aromatic carbocycles. The molecule has 76 valence electrons. The smallest absolute Gasteiger partial charge is 0.457 e. The van der Waals surface area contributed by atoms with Gasteiger partial charge in [0.15, 0.2) is 0 Å². The summed E-state index contributed by atoms with van der Waals surface area (Å²) in [7, 11) is 1.73. The Labute approximate surface area is 103 Å². The van der Waals surface area contributed by atoms with Crippen LogP contribution < -0.4 is 24.3 Å². The molecule has 2 rings (SSSR count). The Bertz CT molecular complexity index is 607. The molecule has 5 nitrogen and oxygen atoms in total. The zero-order valence-corrected chi connectivity index (χ0v) is 8.93. The van der Waals surface area contributed by atoms with E-state index in [1.54, 1.807) is 17.7 Å². The molecule has 0 aliphatic carbocycles. The van der Waals surface area contributed by atoms with Crippen molar-refractivity contribution in [1.29, 1.82) is 0 Å². The number of fused-ring (bicyclic) bond motifs is 1. The number of rotatable bonds is 1.